The number of hydrogen-bond donors (Lipinski definition) is 3. The number of rotatable bonds is 6. The third kappa shape index (κ3) is 5.84. The Balaban J connectivity index is 1.94. The number of nitrogens with two attached hydrogens (primary N) is 1. The fourth-order valence-corrected chi connectivity index (χ4v) is 3.19. The van der Waals surface area contributed by atoms with Crippen molar-refractivity contribution < 1.29 is 9.59 Å². The summed E-state index contributed by atoms with van der Waals surface area (Å²) in [4.78, 5) is 23.1. The van der Waals surface area contributed by atoms with Crippen LogP contribution >= 0.6 is 0 Å². The van der Waals surface area contributed by atoms with Crippen molar-refractivity contribution >= 4 is 11.9 Å². The number of aryl methyl sites for hydroxylation is 2. The van der Waals surface area contributed by atoms with Crippen LogP contribution in [0.5, 0.6) is 0 Å². The molecule has 0 fully saturated rings. The summed E-state index contributed by atoms with van der Waals surface area (Å²) in [7, 11) is 0. The minimum atomic E-state index is -0.567. The van der Waals surface area contributed by atoms with Crippen molar-refractivity contribution in [2.75, 3.05) is 6.54 Å². The van der Waals surface area contributed by atoms with Gasteiger partial charge in [-0.15, -0.1) is 0 Å². The SMILES string of the molecule is Cc1cc(C(C)(C)C)cc(C)c1CCNC(=O)c1ccc(CNC(N)=O)cc1. The Bertz CT molecular complexity index is 826. The van der Waals surface area contributed by atoms with Gasteiger partial charge >= 0.3 is 6.03 Å². The van der Waals surface area contributed by atoms with E-state index in [1.54, 1.807) is 12.1 Å². The Morgan fingerprint density at radius 3 is 2.04 bits per heavy atom. The first-order valence-electron chi connectivity index (χ1n) is 9.59. The molecule has 0 atom stereocenters. The van der Waals surface area contributed by atoms with E-state index in [1.807, 2.05) is 12.1 Å². The maximum atomic E-state index is 12.4. The smallest absolute Gasteiger partial charge is 0.312 e. The average molecular weight is 382 g/mol. The summed E-state index contributed by atoms with van der Waals surface area (Å²) in [5.74, 6) is -0.101. The molecule has 2 aromatic rings. The van der Waals surface area contributed by atoms with E-state index in [-0.39, 0.29) is 11.3 Å². The van der Waals surface area contributed by atoms with Gasteiger partial charge in [0.2, 0.25) is 0 Å². The fraction of sp³-hybridized carbons (Fsp3) is 0.391. The van der Waals surface area contributed by atoms with Crippen LogP contribution in [0.1, 0.15) is 58.9 Å². The van der Waals surface area contributed by atoms with Crippen LogP contribution in [0.15, 0.2) is 36.4 Å². The quantitative estimate of drug-likeness (QED) is 0.712. The van der Waals surface area contributed by atoms with Gasteiger partial charge in [-0.25, -0.2) is 4.79 Å². The zero-order valence-corrected chi connectivity index (χ0v) is 17.5. The second-order valence-electron chi connectivity index (χ2n) is 8.26. The minimum Gasteiger partial charge on any atom is -0.352 e. The maximum absolute atomic E-state index is 12.4. The van der Waals surface area contributed by atoms with Crippen LogP contribution in [0.3, 0.4) is 0 Å². The van der Waals surface area contributed by atoms with Crippen LogP contribution in [0.4, 0.5) is 4.79 Å². The van der Waals surface area contributed by atoms with Gasteiger partial charge in [-0.2, -0.15) is 0 Å². The zero-order valence-electron chi connectivity index (χ0n) is 17.5. The first-order chi connectivity index (χ1) is 13.1. The van der Waals surface area contributed by atoms with E-state index in [4.69, 9.17) is 5.73 Å². The summed E-state index contributed by atoms with van der Waals surface area (Å²) in [5.41, 5.74) is 11.8. The normalized spacial score (nSPS) is 11.2. The number of benzene rings is 2. The van der Waals surface area contributed by atoms with Crippen molar-refractivity contribution in [2.24, 2.45) is 5.73 Å². The monoisotopic (exact) mass is 381 g/mol. The summed E-state index contributed by atoms with van der Waals surface area (Å²) >= 11 is 0. The van der Waals surface area contributed by atoms with Crippen molar-refractivity contribution in [1.82, 2.24) is 10.6 Å². The molecule has 5 heteroatoms. The lowest BCUT2D eigenvalue weighted by molar-refractivity contribution is 0.0954. The lowest BCUT2D eigenvalue weighted by Crippen LogP contribution is -2.28. The summed E-state index contributed by atoms with van der Waals surface area (Å²) in [6.45, 7) is 11.9. The number of carbonyl (C=O) groups is 2. The highest BCUT2D eigenvalue weighted by atomic mass is 16.2. The van der Waals surface area contributed by atoms with Gasteiger partial charge in [0.25, 0.3) is 5.91 Å². The van der Waals surface area contributed by atoms with Crippen molar-refractivity contribution in [1.29, 1.82) is 0 Å². The highest BCUT2D eigenvalue weighted by Gasteiger charge is 2.16. The van der Waals surface area contributed by atoms with Gasteiger partial charge in [0.05, 0.1) is 0 Å². The number of hydrogen-bond acceptors (Lipinski definition) is 2. The molecule has 0 bridgehead atoms. The van der Waals surface area contributed by atoms with Crippen molar-refractivity contribution in [2.45, 2.75) is 53.0 Å². The Kier molecular flexibility index (Phi) is 6.84. The molecule has 0 heterocycles. The zero-order chi connectivity index (χ0) is 20.9. The standard InChI is InChI=1S/C23H31N3O2/c1-15-12-19(23(3,4)5)13-16(2)20(15)10-11-25-21(27)18-8-6-17(7-9-18)14-26-22(24)28/h6-9,12-13H,10-11,14H2,1-5H3,(H,25,27)(H3,24,26,28). The van der Waals surface area contributed by atoms with E-state index < -0.39 is 6.03 Å². The Labute approximate surface area is 167 Å². The van der Waals surface area contributed by atoms with E-state index in [1.165, 1.54) is 22.3 Å². The molecule has 2 rings (SSSR count). The Hall–Kier alpha value is -2.82. The van der Waals surface area contributed by atoms with Crippen LogP contribution in [-0.4, -0.2) is 18.5 Å². The second-order valence-corrected chi connectivity index (χ2v) is 8.26. The first kappa shape index (κ1) is 21.5. The van der Waals surface area contributed by atoms with Gasteiger partial charge in [-0.3, -0.25) is 4.79 Å². The predicted octanol–water partition coefficient (Wildman–Crippen LogP) is 3.74. The molecule has 0 aliphatic heterocycles. The van der Waals surface area contributed by atoms with Gasteiger partial charge < -0.3 is 16.4 Å². The van der Waals surface area contributed by atoms with Gasteiger partial charge in [0.15, 0.2) is 0 Å². The molecule has 0 aromatic heterocycles. The third-order valence-corrected chi connectivity index (χ3v) is 4.91. The Morgan fingerprint density at radius 1 is 0.964 bits per heavy atom. The summed E-state index contributed by atoms with van der Waals surface area (Å²) in [6, 6.07) is 11.1. The number of amides is 3. The van der Waals surface area contributed by atoms with Crippen LogP contribution in [0, 0.1) is 13.8 Å². The number of carbonyl (C=O) groups excluding carboxylic acids is 2. The molecule has 0 saturated heterocycles. The molecule has 28 heavy (non-hydrogen) atoms. The summed E-state index contributed by atoms with van der Waals surface area (Å²) in [6.07, 6.45) is 0.800. The number of nitrogens with one attached hydrogen (secondary N) is 2. The minimum absolute atomic E-state index is 0.101. The van der Waals surface area contributed by atoms with E-state index in [0.29, 0.717) is 18.7 Å². The fourth-order valence-electron chi connectivity index (χ4n) is 3.19. The van der Waals surface area contributed by atoms with Crippen LogP contribution < -0.4 is 16.4 Å². The number of urea groups is 1. The third-order valence-electron chi connectivity index (χ3n) is 4.91. The van der Waals surface area contributed by atoms with Gasteiger partial charge in [0, 0.05) is 18.7 Å². The highest BCUT2D eigenvalue weighted by Crippen LogP contribution is 2.27. The lowest BCUT2D eigenvalue weighted by atomic mass is 9.83. The van der Waals surface area contributed by atoms with Gasteiger partial charge in [-0.1, -0.05) is 45.0 Å². The highest BCUT2D eigenvalue weighted by molar-refractivity contribution is 5.94. The molecular formula is C23H31N3O2. The first-order valence-corrected chi connectivity index (χ1v) is 9.59. The number of primary amides is 1. The van der Waals surface area contributed by atoms with Crippen LogP contribution in [0.25, 0.3) is 0 Å². The summed E-state index contributed by atoms with van der Waals surface area (Å²) in [5, 5.41) is 5.51. The molecule has 5 nitrogen and oxygen atoms in total. The molecular weight excluding hydrogens is 350 g/mol. The lowest BCUT2D eigenvalue weighted by Gasteiger charge is -2.22. The largest absolute Gasteiger partial charge is 0.352 e. The van der Waals surface area contributed by atoms with Crippen LogP contribution in [-0.2, 0) is 18.4 Å². The second kappa shape index (κ2) is 8.91. The average Bonchev–Trinajstić information content (AvgIpc) is 2.61. The maximum Gasteiger partial charge on any atom is 0.312 e. The topological polar surface area (TPSA) is 84.2 Å². The molecule has 4 N–H and O–H groups in total. The molecule has 2 aromatic carbocycles. The van der Waals surface area contributed by atoms with E-state index in [0.717, 1.165) is 12.0 Å². The van der Waals surface area contributed by atoms with Crippen molar-refractivity contribution in [3.8, 4) is 0 Å². The van der Waals surface area contributed by atoms with Crippen molar-refractivity contribution in [3.63, 3.8) is 0 Å². The van der Waals surface area contributed by atoms with E-state index in [2.05, 4.69) is 57.4 Å². The molecule has 0 aliphatic rings. The Morgan fingerprint density at radius 2 is 1.54 bits per heavy atom. The molecule has 0 spiro atoms. The van der Waals surface area contributed by atoms with E-state index >= 15 is 0 Å². The summed E-state index contributed by atoms with van der Waals surface area (Å²) < 4.78 is 0. The molecule has 0 radical (unpaired) electrons. The predicted molar refractivity (Wildman–Crippen MR) is 114 cm³/mol. The molecule has 150 valence electrons. The molecule has 0 saturated carbocycles. The van der Waals surface area contributed by atoms with Crippen molar-refractivity contribution in [3.05, 3.63) is 69.8 Å². The molecule has 0 unspecified atom stereocenters. The molecule has 3 amide bonds. The van der Waals surface area contributed by atoms with Crippen LogP contribution in [0.2, 0.25) is 0 Å². The van der Waals surface area contributed by atoms with Gasteiger partial charge in [0.1, 0.15) is 0 Å². The van der Waals surface area contributed by atoms with E-state index in [9.17, 15) is 9.59 Å². The molecule has 0 aliphatic carbocycles. The van der Waals surface area contributed by atoms with Gasteiger partial charge in [-0.05, 0) is 65.6 Å².